The first-order valence-corrected chi connectivity index (χ1v) is 6.00. The first-order chi connectivity index (χ1) is 5.31. The molecule has 3 atom stereocenters. The lowest BCUT2D eigenvalue weighted by atomic mass is 10.5. The summed E-state index contributed by atoms with van der Waals surface area (Å²) in [7, 11) is -8.87. The topological polar surface area (TPSA) is 102 Å². The molecule has 2 N–H and O–H groups in total. The molecule has 0 aromatic rings. The summed E-state index contributed by atoms with van der Waals surface area (Å²) >= 11 is 0. The van der Waals surface area contributed by atoms with E-state index in [9.17, 15) is 9.13 Å². The second-order valence-corrected chi connectivity index (χ2v) is 5.23. The van der Waals surface area contributed by atoms with Gasteiger partial charge >= 0.3 is 15.6 Å². The van der Waals surface area contributed by atoms with Gasteiger partial charge in [-0.1, -0.05) is 0 Å². The highest BCUT2D eigenvalue weighted by Gasteiger charge is 2.40. The zero-order valence-electron chi connectivity index (χ0n) is 6.11. The molecule has 9 heteroatoms. The van der Waals surface area contributed by atoms with Crippen LogP contribution in [-0.4, -0.2) is 22.5 Å². The third-order valence-electron chi connectivity index (χ3n) is 0.992. The van der Waals surface area contributed by atoms with Crippen molar-refractivity contribution in [2.75, 3.05) is 6.61 Å². The van der Waals surface area contributed by atoms with Crippen molar-refractivity contribution in [1.82, 2.24) is 0 Å². The Morgan fingerprint density at radius 3 is 2.50 bits per heavy atom. The Morgan fingerprint density at radius 1 is 1.33 bits per heavy atom. The van der Waals surface area contributed by atoms with Gasteiger partial charge in [0.25, 0.3) is 0 Å². The van der Waals surface area contributed by atoms with Gasteiger partial charge in [0, 0.05) is 0 Å². The van der Waals surface area contributed by atoms with Gasteiger partial charge in [-0.25, -0.2) is 9.13 Å². The molecular weight excluding hydrogens is 210 g/mol. The van der Waals surface area contributed by atoms with E-state index in [1.165, 1.54) is 6.92 Å². The van der Waals surface area contributed by atoms with Crippen LogP contribution in [0.5, 0.6) is 0 Å². The van der Waals surface area contributed by atoms with Crippen molar-refractivity contribution in [2.24, 2.45) is 0 Å². The Kier molecular flexibility index (Phi) is 2.75. The summed E-state index contributed by atoms with van der Waals surface area (Å²) in [5.74, 6) is 0. The maximum atomic E-state index is 10.8. The molecule has 72 valence electrons. The van der Waals surface area contributed by atoms with Crippen LogP contribution in [0.3, 0.4) is 0 Å². The Bertz CT molecular complexity index is 261. The second kappa shape index (κ2) is 3.20. The molecule has 0 radical (unpaired) electrons. The Hall–Kier alpha value is 0.260. The number of hydrogen-bond acceptors (Lipinski definition) is 5. The zero-order chi connectivity index (χ0) is 9.41. The van der Waals surface area contributed by atoms with Crippen molar-refractivity contribution in [3.8, 4) is 0 Å². The standard InChI is InChI=1S/C3H8O7P2/c1-3-2-8-11(4,5)10-12(6,7)9-3/h3H,2H2,1H3,(H,4,5)(H,6,7). The van der Waals surface area contributed by atoms with Gasteiger partial charge in [-0.2, -0.15) is 4.31 Å². The number of phosphoric acid groups is 2. The van der Waals surface area contributed by atoms with Crippen LogP contribution in [-0.2, 0) is 22.5 Å². The van der Waals surface area contributed by atoms with Gasteiger partial charge < -0.3 is 9.79 Å². The third kappa shape index (κ3) is 2.95. The predicted molar refractivity (Wildman–Crippen MR) is 37.2 cm³/mol. The fourth-order valence-electron chi connectivity index (χ4n) is 0.630. The van der Waals surface area contributed by atoms with Crippen molar-refractivity contribution < 1.29 is 32.3 Å². The second-order valence-electron chi connectivity index (χ2n) is 2.23. The first kappa shape index (κ1) is 10.3. The van der Waals surface area contributed by atoms with Crippen LogP contribution >= 0.6 is 15.6 Å². The van der Waals surface area contributed by atoms with E-state index in [0.29, 0.717) is 0 Å². The maximum Gasteiger partial charge on any atom is 0.481 e. The molecule has 0 spiro atoms. The molecule has 0 amide bonds. The quantitative estimate of drug-likeness (QED) is 0.575. The fraction of sp³-hybridized carbons (Fsp3) is 1.00. The van der Waals surface area contributed by atoms with Crippen LogP contribution in [0, 0.1) is 0 Å². The minimum atomic E-state index is -4.45. The summed E-state index contributed by atoms with van der Waals surface area (Å²) in [4.78, 5) is 17.5. The Balaban J connectivity index is 2.84. The summed E-state index contributed by atoms with van der Waals surface area (Å²) in [6.45, 7) is 1.15. The zero-order valence-corrected chi connectivity index (χ0v) is 7.90. The largest absolute Gasteiger partial charge is 0.481 e. The summed E-state index contributed by atoms with van der Waals surface area (Å²) in [6.07, 6.45) is -0.760. The molecule has 0 saturated carbocycles. The van der Waals surface area contributed by atoms with E-state index in [0.717, 1.165) is 0 Å². The molecule has 1 rings (SSSR count). The molecule has 1 heterocycles. The van der Waals surface area contributed by atoms with E-state index < -0.39 is 21.7 Å². The lowest BCUT2D eigenvalue weighted by Crippen LogP contribution is -2.09. The molecule has 0 aliphatic carbocycles. The van der Waals surface area contributed by atoms with E-state index in [1.54, 1.807) is 0 Å². The molecule has 7 nitrogen and oxygen atoms in total. The van der Waals surface area contributed by atoms with Gasteiger partial charge in [0.15, 0.2) is 0 Å². The monoisotopic (exact) mass is 218 g/mol. The van der Waals surface area contributed by atoms with E-state index in [1.807, 2.05) is 0 Å². The van der Waals surface area contributed by atoms with Crippen LogP contribution < -0.4 is 0 Å². The van der Waals surface area contributed by atoms with Gasteiger partial charge in [0.05, 0.1) is 12.7 Å². The Morgan fingerprint density at radius 2 is 1.92 bits per heavy atom. The summed E-state index contributed by atoms with van der Waals surface area (Å²) in [5, 5.41) is 0. The molecule has 3 unspecified atom stereocenters. The molecule has 0 aromatic heterocycles. The first-order valence-electron chi connectivity index (χ1n) is 3.01. The van der Waals surface area contributed by atoms with Crippen molar-refractivity contribution >= 4 is 15.6 Å². The van der Waals surface area contributed by atoms with Crippen LogP contribution in [0.15, 0.2) is 0 Å². The summed E-state index contributed by atoms with van der Waals surface area (Å²) in [6, 6.07) is 0. The predicted octanol–water partition coefficient (Wildman–Crippen LogP) is 0.639. The molecular formula is C3H8O7P2. The molecule has 0 bridgehead atoms. The van der Waals surface area contributed by atoms with Crippen LogP contribution in [0.4, 0.5) is 0 Å². The summed E-state index contributed by atoms with van der Waals surface area (Å²) < 4.78 is 34.0. The van der Waals surface area contributed by atoms with Gasteiger partial charge in [-0.3, -0.25) is 9.05 Å². The lowest BCUT2D eigenvalue weighted by Gasteiger charge is -2.09. The minimum Gasteiger partial charge on any atom is -0.302 e. The lowest BCUT2D eigenvalue weighted by molar-refractivity contribution is 0.131. The molecule has 1 saturated heterocycles. The van der Waals surface area contributed by atoms with Gasteiger partial charge in [-0.15, -0.1) is 0 Å². The minimum absolute atomic E-state index is 0.266. The van der Waals surface area contributed by atoms with Crippen molar-refractivity contribution in [1.29, 1.82) is 0 Å². The van der Waals surface area contributed by atoms with Crippen LogP contribution in [0.1, 0.15) is 6.92 Å². The van der Waals surface area contributed by atoms with Crippen LogP contribution in [0.25, 0.3) is 0 Å². The molecule has 1 fully saturated rings. The highest BCUT2D eigenvalue weighted by molar-refractivity contribution is 7.61. The molecule has 0 aromatic carbocycles. The molecule has 1 aliphatic rings. The van der Waals surface area contributed by atoms with Gasteiger partial charge in [-0.05, 0) is 6.92 Å². The van der Waals surface area contributed by atoms with Crippen molar-refractivity contribution in [3.63, 3.8) is 0 Å². The Labute approximate surface area is 68.5 Å². The SMILES string of the molecule is CC1COP(=O)(O)OP(=O)(O)O1. The number of phosphoric ester groups is 2. The smallest absolute Gasteiger partial charge is 0.302 e. The van der Waals surface area contributed by atoms with Gasteiger partial charge in [0.2, 0.25) is 0 Å². The van der Waals surface area contributed by atoms with Gasteiger partial charge in [0.1, 0.15) is 0 Å². The number of hydrogen-bond donors (Lipinski definition) is 2. The third-order valence-corrected chi connectivity index (χ3v) is 3.74. The van der Waals surface area contributed by atoms with Crippen molar-refractivity contribution in [2.45, 2.75) is 13.0 Å². The average Bonchev–Trinajstić information content (AvgIpc) is 1.86. The van der Waals surface area contributed by atoms with Crippen LogP contribution in [0.2, 0.25) is 0 Å². The fourth-order valence-corrected chi connectivity index (χ4v) is 2.93. The number of rotatable bonds is 0. The van der Waals surface area contributed by atoms with E-state index in [2.05, 4.69) is 13.4 Å². The normalized spacial score (nSPS) is 50.1. The highest BCUT2D eigenvalue weighted by Crippen LogP contribution is 2.62. The van der Waals surface area contributed by atoms with E-state index in [-0.39, 0.29) is 6.61 Å². The summed E-state index contributed by atoms with van der Waals surface area (Å²) in [5.41, 5.74) is 0. The molecule has 1 aliphatic heterocycles. The van der Waals surface area contributed by atoms with E-state index >= 15 is 0 Å². The molecule has 12 heavy (non-hydrogen) atoms. The average molecular weight is 218 g/mol. The van der Waals surface area contributed by atoms with E-state index in [4.69, 9.17) is 9.79 Å². The highest BCUT2D eigenvalue weighted by atomic mass is 31.3. The maximum absolute atomic E-state index is 10.8. The van der Waals surface area contributed by atoms with Crippen molar-refractivity contribution in [3.05, 3.63) is 0 Å².